The molecule has 2 aliphatic rings. The lowest BCUT2D eigenvalue weighted by atomic mass is 9.66. The summed E-state index contributed by atoms with van der Waals surface area (Å²) in [5.41, 5.74) is 3.31. The first kappa shape index (κ1) is 18.5. The van der Waals surface area contributed by atoms with Crippen molar-refractivity contribution in [3.05, 3.63) is 65.2 Å². The summed E-state index contributed by atoms with van der Waals surface area (Å²) in [5, 5.41) is 11.4. The standard InChI is InChI=1S/C24H31NO2/c1-18-10-12-19(13-11-18)17-25-16-15-24(26)14-6-5-8-21(24)23(25)20-7-3-4-9-22(20)27-2/h3-4,7,9-13,21,23,26H,5-6,8,14-17H2,1-2H3/t21-,23-,24+/m0/s1. The lowest BCUT2D eigenvalue weighted by Gasteiger charge is -2.53. The maximum atomic E-state index is 11.4. The topological polar surface area (TPSA) is 32.7 Å². The van der Waals surface area contributed by atoms with Crippen molar-refractivity contribution >= 4 is 0 Å². The highest BCUT2D eigenvalue weighted by atomic mass is 16.5. The van der Waals surface area contributed by atoms with Gasteiger partial charge in [-0.05, 0) is 37.8 Å². The molecule has 2 aromatic carbocycles. The third-order valence-electron chi connectivity index (χ3n) is 6.64. The van der Waals surface area contributed by atoms with Crippen molar-refractivity contribution in [2.24, 2.45) is 5.92 Å². The number of likely N-dealkylation sites (tertiary alicyclic amines) is 1. The average Bonchev–Trinajstić information content (AvgIpc) is 2.69. The molecule has 0 aromatic heterocycles. The molecule has 3 heteroatoms. The van der Waals surface area contributed by atoms with E-state index in [0.29, 0.717) is 0 Å². The Hall–Kier alpha value is -1.84. The van der Waals surface area contributed by atoms with E-state index in [4.69, 9.17) is 4.74 Å². The minimum atomic E-state index is -0.534. The molecule has 0 bridgehead atoms. The molecule has 0 radical (unpaired) electrons. The summed E-state index contributed by atoms with van der Waals surface area (Å²) < 4.78 is 5.72. The van der Waals surface area contributed by atoms with Crippen molar-refractivity contribution in [1.29, 1.82) is 0 Å². The smallest absolute Gasteiger partial charge is 0.123 e. The van der Waals surface area contributed by atoms with Gasteiger partial charge in [0.05, 0.1) is 12.7 Å². The van der Waals surface area contributed by atoms with Crippen LogP contribution in [0.3, 0.4) is 0 Å². The Morgan fingerprint density at radius 1 is 1.07 bits per heavy atom. The van der Waals surface area contributed by atoms with Crippen molar-refractivity contribution in [2.45, 2.75) is 57.2 Å². The largest absolute Gasteiger partial charge is 0.496 e. The summed E-state index contributed by atoms with van der Waals surface area (Å²) in [5.74, 6) is 1.20. The Balaban J connectivity index is 1.71. The predicted octanol–water partition coefficient (Wildman–Crippen LogP) is 4.87. The number of aryl methyl sites for hydroxylation is 1. The second kappa shape index (κ2) is 7.65. The van der Waals surface area contributed by atoms with Gasteiger partial charge in [0.25, 0.3) is 0 Å². The summed E-state index contributed by atoms with van der Waals surface area (Å²) in [6.07, 6.45) is 5.24. The summed E-state index contributed by atoms with van der Waals surface area (Å²) in [6.45, 7) is 3.96. The maximum Gasteiger partial charge on any atom is 0.123 e. The molecule has 0 spiro atoms. The molecular formula is C24H31NO2. The highest BCUT2D eigenvalue weighted by molar-refractivity contribution is 5.37. The van der Waals surface area contributed by atoms with Gasteiger partial charge in [-0.2, -0.15) is 0 Å². The van der Waals surface area contributed by atoms with Gasteiger partial charge < -0.3 is 9.84 Å². The molecule has 0 amide bonds. The van der Waals surface area contributed by atoms with E-state index in [2.05, 4.69) is 54.3 Å². The van der Waals surface area contributed by atoms with Crippen molar-refractivity contribution in [1.82, 2.24) is 4.90 Å². The van der Waals surface area contributed by atoms with E-state index < -0.39 is 5.60 Å². The molecule has 1 saturated heterocycles. The lowest BCUT2D eigenvalue weighted by molar-refractivity contribution is -0.126. The maximum absolute atomic E-state index is 11.4. The van der Waals surface area contributed by atoms with Gasteiger partial charge in [0, 0.05) is 30.6 Å². The van der Waals surface area contributed by atoms with Gasteiger partial charge in [0.2, 0.25) is 0 Å². The summed E-state index contributed by atoms with van der Waals surface area (Å²) >= 11 is 0. The van der Waals surface area contributed by atoms with E-state index >= 15 is 0 Å². The van der Waals surface area contributed by atoms with Gasteiger partial charge in [0.1, 0.15) is 5.75 Å². The second-order valence-corrected chi connectivity index (χ2v) is 8.35. The molecule has 3 nitrogen and oxygen atoms in total. The highest BCUT2D eigenvalue weighted by Crippen LogP contribution is 2.51. The minimum Gasteiger partial charge on any atom is -0.496 e. The zero-order valence-electron chi connectivity index (χ0n) is 16.5. The van der Waals surface area contributed by atoms with Gasteiger partial charge in [-0.15, -0.1) is 0 Å². The van der Waals surface area contributed by atoms with Crippen molar-refractivity contribution in [2.75, 3.05) is 13.7 Å². The number of fused-ring (bicyclic) bond motifs is 1. The quantitative estimate of drug-likeness (QED) is 0.839. The molecule has 27 heavy (non-hydrogen) atoms. The summed E-state index contributed by atoms with van der Waals surface area (Å²) in [4.78, 5) is 2.56. The Bertz CT molecular complexity index is 772. The van der Waals surface area contributed by atoms with E-state index in [-0.39, 0.29) is 12.0 Å². The summed E-state index contributed by atoms with van der Waals surface area (Å²) in [6, 6.07) is 17.4. The van der Waals surface area contributed by atoms with Gasteiger partial charge >= 0.3 is 0 Å². The van der Waals surface area contributed by atoms with Crippen LogP contribution in [0, 0.1) is 12.8 Å². The molecule has 3 atom stereocenters. The first-order valence-electron chi connectivity index (χ1n) is 10.3. The number of rotatable bonds is 4. The number of piperidine rings is 1. The predicted molar refractivity (Wildman–Crippen MR) is 109 cm³/mol. The Kier molecular flexibility index (Phi) is 5.25. The third-order valence-corrected chi connectivity index (χ3v) is 6.64. The Labute approximate surface area is 163 Å². The number of methoxy groups -OCH3 is 1. The van der Waals surface area contributed by atoms with Crippen LogP contribution >= 0.6 is 0 Å². The monoisotopic (exact) mass is 365 g/mol. The molecule has 144 valence electrons. The summed E-state index contributed by atoms with van der Waals surface area (Å²) in [7, 11) is 1.75. The van der Waals surface area contributed by atoms with Crippen LogP contribution in [0.5, 0.6) is 5.75 Å². The van der Waals surface area contributed by atoms with Crippen LogP contribution in [-0.2, 0) is 6.54 Å². The first-order chi connectivity index (χ1) is 13.1. The molecular weight excluding hydrogens is 334 g/mol. The lowest BCUT2D eigenvalue weighted by Crippen LogP contribution is -2.54. The zero-order valence-corrected chi connectivity index (χ0v) is 16.5. The first-order valence-corrected chi connectivity index (χ1v) is 10.3. The fourth-order valence-corrected chi connectivity index (χ4v) is 5.17. The van der Waals surface area contributed by atoms with Crippen LogP contribution in [0.2, 0.25) is 0 Å². The number of nitrogens with zero attached hydrogens (tertiary/aromatic N) is 1. The van der Waals surface area contributed by atoms with Crippen LogP contribution in [0.15, 0.2) is 48.5 Å². The second-order valence-electron chi connectivity index (χ2n) is 8.35. The molecule has 1 heterocycles. The number of benzene rings is 2. The van der Waals surface area contributed by atoms with Crippen LogP contribution in [0.1, 0.15) is 54.8 Å². The normalized spacial score (nSPS) is 28.6. The van der Waals surface area contributed by atoms with Gasteiger partial charge in [-0.25, -0.2) is 0 Å². The molecule has 1 aliphatic carbocycles. The number of para-hydroxylation sites is 1. The van der Waals surface area contributed by atoms with Crippen LogP contribution in [0.25, 0.3) is 0 Å². The molecule has 0 unspecified atom stereocenters. The minimum absolute atomic E-state index is 0.196. The molecule has 4 rings (SSSR count). The third kappa shape index (κ3) is 3.63. The molecule has 1 aliphatic heterocycles. The average molecular weight is 366 g/mol. The number of hydrogen-bond acceptors (Lipinski definition) is 3. The fourth-order valence-electron chi connectivity index (χ4n) is 5.17. The molecule has 2 aromatic rings. The highest BCUT2D eigenvalue weighted by Gasteiger charge is 2.49. The van der Waals surface area contributed by atoms with Crippen LogP contribution < -0.4 is 4.74 Å². The molecule has 1 N–H and O–H groups in total. The van der Waals surface area contributed by atoms with E-state index in [1.54, 1.807) is 7.11 Å². The number of hydrogen-bond donors (Lipinski definition) is 1. The van der Waals surface area contributed by atoms with Crippen molar-refractivity contribution in [3.8, 4) is 5.75 Å². The van der Waals surface area contributed by atoms with Crippen LogP contribution in [-0.4, -0.2) is 29.3 Å². The SMILES string of the molecule is COc1ccccc1[C@H]1[C@@H]2CCCC[C@@]2(O)CCN1Cc1ccc(C)cc1. The van der Waals surface area contributed by atoms with Crippen molar-refractivity contribution < 1.29 is 9.84 Å². The van der Waals surface area contributed by atoms with Gasteiger partial charge in [-0.3, -0.25) is 4.90 Å². The van der Waals surface area contributed by atoms with Gasteiger partial charge in [-0.1, -0.05) is 60.9 Å². The van der Waals surface area contributed by atoms with Crippen molar-refractivity contribution in [3.63, 3.8) is 0 Å². The van der Waals surface area contributed by atoms with Crippen LogP contribution in [0.4, 0.5) is 0 Å². The fraction of sp³-hybridized carbons (Fsp3) is 0.500. The van der Waals surface area contributed by atoms with E-state index in [9.17, 15) is 5.11 Å². The van der Waals surface area contributed by atoms with Gasteiger partial charge in [0.15, 0.2) is 0 Å². The molecule has 1 saturated carbocycles. The molecule has 2 fully saturated rings. The number of aliphatic hydroxyl groups is 1. The Morgan fingerprint density at radius 3 is 2.63 bits per heavy atom. The van der Waals surface area contributed by atoms with E-state index in [1.807, 2.05) is 6.07 Å². The van der Waals surface area contributed by atoms with E-state index in [0.717, 1.165) is 44.5 Å². The zero-order chi connectivity index (χ0) is 18.9. The Morgan fingerprint density at radius 2 is 1.85 bits per heavy atom. The van der Waals surface area contributed by atoms with E-state index in [1.165, 1.54) is 23.1 Å². The number of ether oxygens (including phenoxy) is 1.